The number of benzene rings is 1. The molecule has 15 heavy (non-hydrogen) atoms. The summed E-state index contributed by atoms with van der Waals surface area (Å²) in [5.41, 5.74) is 1.21. The van der Waals surface area contributed by atoms with Gasteiger partial charge in [0.2, 0.25) is 0 Å². The van der Waals surface area contributed by atoms with Gasteiger partial charge in [-0.15, -0.1) is 0 Å². The van der Waals surface area contributed by atoms with Gasteiger partial charge in [-0.3, -0.25) is 0 Å². The molecule has 0 saturated heterocycles. The second-order valence-corrected chi connectivity index (χ2v) is 3.95. The fraction of sp³-hybridized carbons (Fsp3) is 0.333. The molecule has 0 bridgehead atoms. The number of hydrogen-bond acceptors (Lipinski definition) is 1. The van der Waals surface area contributed by atoms with Gasteiger partial charge in [-0.2, -0.15) is 0 Å². The van der Waals surface area contributed by atoms with Crippen molar-refractivity contribution in [2.24, 2.45) is 0 Å². The average molecular weight is 223 g/mol. The normalized spacial score (nSPS) is 11.1. The van der Waals surface area contributed by atoms with Gasteiger partial charge in [-0.25, -0.2) is 0 Å². The van der Waals surface area contributed by atoms with Crippen LogP contribution in [0.25, 0.3) is 10.9 Å². The minimum Gasteiger partial charge on any atom is -0.345 e. The van der Waals surface area contributed by atoms with Gasteiger partial charge < -0.3 is 9.88 Å². The first kappa shape index (κ1) is 10.5. The molecule has 1 aromatic carbocycles. The lowest BCUT2D eigenvalue weighted by Gasteiger charge is -2.05. The molecule has 2 nitrogen and oxygen atoms in total. The van der Waals surface area contributed by atoms with E-state index in [1.54, 1.807) is 0 Å². The molecule has 1 aromatic heterocycles. The molecule has 0 spiro atoms. The Morgan fingerprint density at radius 2 is 2.13 bits per heavy atom. The maximum atomic E-state index is 6.15. The molecule has 0 radical (unpaired) electrons. The van der Waals surface area contributed by atoms with Crippen molar-refractivity contribution in [2.45, 2.75) is 13.5 Å². The van der Waals surface area contributed by atoms with Crippen LogP contribution < -0.4 is 5.32 Å². The molecule has 2 rings (SSSR count). The number of nitrogens with zero attached hydrogens (tertiary/aromatic N) is 1. The van der Waals surface area contributed by atoms with Gasteiger partial charge in [0.15, 0.2) is 0 Å². The Labute approximate surface area is 94.8 Å². The molecule has 80 valence electrons. The topological polar surface area (TPSA) is 17.0 Å². The van der Waals surface area contributed by atoms with Gasteiger partial charge in [0, 0.05) is 30.2 Å². The van der Waals surface area contributed by atoms with E-state index >= 15 is 0 Å². The molecule has 0 saturated carbocycles. The third-order valence-corrected chi connectivity index (χ3v) is 2.82. The Kier molecular flexibility index (Phi) is 3.29. The summed E-state index contributed by atoms with van der Waals surface area (Å²) in [6.07, 6.45) is 2.00. The first-order chi connectivity index (χ1) is 7.33. The second-order valence-electron chi connectivity index (χ2n) is 3.54. The van der Waals surface area contributed by atoms with Crippen molar-refractivity contribution in [3.63, 3.8) is 0 Å². The minimum atomic E-state index is 0.835. The van der Waals surface area contributed by atoms with Crippen LogP contribution in [0.5, 0.6) is 0 Å². The summed E-state index contributed by atoms with van der Waals surface area (Å²) < 4.78 is 2.19. The fourth-order valence-electron chi connectivity index (χ4n) is 1.76. The van der Waals surface area contributed by atoms with Gasteiger partial charge in [-0.1, -0.05) is 36.7 Å². The van der Waals surface area contributed by atoms with Gasteiger partial charge in [0.25, 0.3) is 0 Å². The predicted octanol–water partition coefficient (Wildman–Crippen LogP) is 2.90. The van der Waals surface area contributed by atoms with Gasteiger partial charge >= 0.3 is 0 Å². The van der Waals surface area contributed by atoms with Crippen molar-refractivity contribution >= 4 is 22.5 Å². The zero-order valence-electron chi connectivity index (χ0n) is 8.83. The Balaban J connectivity index is 2.27. The van der Waals surface area contributed by atoms with E-state index in [0.717, 1.165) is 30.0 Å². The van der Waals surface area contributed by atoms with E-state index < -0.39 is 0 Å². The zero-order chi connectivity index (χ0) is 10.7. The first-order valence-corrected chi connectivity index (χ1v) is 5.65. The summed E-state index contributed by atoms with van der Waals surface area (Å²) in [6.45, 7) is 5.06. The molecule has 0 fully saturated rings. The van der Waals surface area contributed by atoms with Crippen LogP contribution in [0.2, 0.25) is 5.02 Å². The highest BCUT2D eigenvalue weighted by Gasteiger charge is 2.04. The van der Waals surface area contributed by atoms with E-state index in [0.29, 0.717) is 0 Å². The van der Waals surface area contributed by atoms with E-state index in [1.165, 1.54) is 5.52 Å². The van der Waals surface area contributed by atoms with E-state index in [-0.39, 0.29) is 0 Å². The van der Waals surface area contributed by atoms with Crippen molar-refractivity contribution < 1.29 is 0 Å². The molecule has 0 amide bonds. The van der Waals surface area contributed by atoms with E-state index in [4.69, 9.17) is 11.6 Å². The number of halogens is 1. The molecular formula is C12H15ClN2. The first-order valence-electron chi connectivity index (χ1n) is 5.27. The van der Waals surface area contributed by atoms with Crippen molar-refractivity contribution in [2.75, 3.05) is 13.1 Å². The number of para-hydroxylation sites is 1. The van der Waals surface area contributed by atoms with Crippen LogP contribution in [0.4, 0.5) is 0 Å². The second kappa shape index (κ2) is 4.69. The monoisotopic (exact) mass is 222 g/mol. The predicted molar refractivity (Wildman–Crippen MR) is 65.5 cm³/mol. The van der Waals surface area contributed by atoms with Crippen LogP contribution in [-0.4, -0.2) is 17.7 Å². The summed E-state index contributed by atoms with van der Waals surface area (Å²) in [6, 6.07) is 8.22. The Hall–Kier alpha value is -0.990. The third-order valence-electron chi connectivity index (χ3n) is 2.52. The summed E-state index contributed by atoms with van der Waals surface area (Å²) in [7, 11) is 0. The maximum absolute atomic E-state index is 6.15. The minimum absolute atomic E-state index is 0.835. The van der Waals surface area contributed by atoms with Gasteiger partial charge in [0.1, 0.15) is 0 Å². The van der Waals surface area contributed by atoms with Gasteiger partial charge in [0.05, 0.1) is 5.02 Å². The van der Waals surface area contributed by atoms with Crippen molar-refractivity contribution in [3.8, 4) is 0 Å². The number of likely N-dealkylation sites (N-methyl/N-ethyl adjacent to an activating group) is 1. The molecule has 1 heterocycles. The molecular weight excluding hydrogens is 208 g/mol. The van der Waals surface area contributed by atoms with Crippen LogP contribution in [0, 0.1) is 0 Å². The quantitative estimate of drug-likeness (QED) is 0.788. The number of rotatable bonds is 4. The SMILES string of the molecule is CCNCCn1cc(Cl)c2ccccc21. The molecule has 2 aromatic rings. The number of aromatic nitrogens is 1. The highest BCUT2D eigenvalue weighted by Crippen LogP contribution is 2.24. The summed E-state index contributed by atoms with van der Waals surface area (Å²) in [5.74, 6) is 0. The van der Waals surface area contributed by atoms with Crippen LogP contribution in [0.3, 0.4) is 0 Å². The molecule has 3 heteroatoms. The lowest BCUT2D eigenvalue weighted by molar-refractivity contribution is 0.627. The number of hydrogen-bond donors (Lipinski definition) is 1. The molecule has 0 aliphatic heterocycles. The van der Waals surface area contributed by atoms with Crippen LogP contribution in [-0.2, 0) is 6.54 Å². The van der Waals surface area contributed by atoms with E-state index in [1.807, 2.05) is 18.3 Å². The number of nitrogens with one attached hydrogen (secondary N) is 1. The fourth-order valence-corrected chi connectivity index (χ4v) is 2.04. The third kappa shape index (κ3) is 2.16. The lowest BCUT2D eigenvalue weighted by Crippen LogP contribution is -2.18. The molecule has 0 unspecified atom stereocenters. The molecule has 1 N–H and O–H groups in total. The van der Waals surface area contributed by atoms with Crippen molar-refractivity contribution in [1.29, 1.82) is 0 Å². The molecule has 0 aliphatic rings. The summed E-state index contributed by atoms with van der Waals surface area (Å²) in [5, 5.41) is 5.28. The smallest absolute Gasteiger partial charge is 0.0661 e. The van der Waals surface area contributed by atoms with E-state index in [2.05, 4.69) is 28.9 Å². The maximum Gasteiger partial charge on any atom is 0.0661 e. The Bertz CT molecular complexity index is 448. The van der Waals surface area contributed by atoms with Crippen molar-refractivity contribution in [1.82, 2.24) is 9.88 Å². The zero-order valence-corrected chi connectivity index (χ0v) is 9.59. The van der Waals surface area contributed by atoms with Gasteiger partial charge in [-0.05, 0) is 12.6 Å². The largest absolute Gasteiger partial charge is 0.345 e. The Morgan fingerprint density at radius 1 is 1.33 bits per heavy atom. The summed E-state index contributed by atoms with van der Waals surface area (Å²) >= 11 is 6.15. The molecule has 0 aliphatic carbocycles. The lowest BCUT2D eigenvalue weighted by atomic mass is 10.2. The van der Waals surface area contributed by atoms with Crippen LogP contribution in [0.15, 0.2) is 30.5 Å². The highest BCUT2D eigenvalue weighted by atomic mass is 35.5. The van der Waals surface area contributed by atoms with E-state index in [9.17, 15) is 0 Å². The average Bonchev–Trinajstić information content (AvgIpc) is 2.58. The summed E-state index contributed by atoms with van der Waals surface area (Å²) in [4.78, 5) is 0. The van der Waals surface area contributed by atoms with Crippen LogP contribution >= 0.6 is 11.6 Å². The van der Waals surface area contributed by atoms with Crippen molar-refractivity contribution in [3.05, 3.63) is 35.5 Å². The Morgan fingerprint density at radius 3 is 2.93 bits per heavy atom. The number of fused-ring (bicyclic) bond motifs is 1. The molecule has 0 atom stereocenters. The highest BCUT2D eigenvalue weighted by molar-refractivity contribution is 6.35. The standard InChI is InChI=1S/C12H15ClN2/c1-2-14-7-8-15-9-11(13)10-5-3-4-6-12(10)15/h3-6,9,14H,2,7-8H2,1H3. The van der Waals surface area contributed by atoms with Crippen LogP contribution in [0.1, 0.15) is 6.92 Å².